The molecule has 0 fully saturated rings. The predicted octanol–water partition coefficient (Wildman–Crippen LogP) is 2.11. The highest BCUT2D eigenvalue weighted by molar-refractivity contribution is 7.07. The molecule has 0 radical (unpaired) electrons. The van der Waals surface area contributed by atoms with Crippen LogP contribution in [0.1, 0.15) is 20.8 Å². The maximum absolute atomic E-state index is 11.8. The predicted molar refractivity (Wildman–Crippen MR) is 65.4 cm³/mol. The van der Waals surface area contributed by atoms with E-state index in [4.69, 9.17) is 0 Å². The standard InChI is InChI=1S/C11H11N3O2S/c1-6-4-9(15)7(2)3-8(6)13-11(16)10-5-12-14-17-10/h3-5,15H,1-2H3,(H,13,16). The molecule has 0 aliphatic carbocycles. The zero-order chi connectivity index (χ0) is 12.4. The number of phenols is 1. The molecule has 0 aliphatic heterocycles. The van der Waals surface area contributed by atoms with Crippen molar-refractivity contribution in [1.29, 1.82) is 0 Å². The fourth-order valence-corrected chi connectivity index (χ4v) is 1.80. The first-order valence-electron chi connectivity index (χ1n) is 4.97. The lowest BCUT2D eigenvalue weighted by Crippen LogP contribution is -2.11. The number of rotatable bonds is 2. The average Bonchev–Trinajstić information content (AvgIpc) is 2.79. The summed E-state index contributed by atoms with van der Waals surface area (Å²) in [6.45, 7) is 3.60. The van der Waals surface area contributed by atoms with Gasteiger partial charge in [-0.25, -0.2) is 0 Å². The maximum Gasteiger partial charge on any atom is 0.269 e. The Morgan fingerprint density at radius 1 is 1.35 bits per heavy atom. The third-order valence-electron chi connectivity index (χ3n) is 2.38. The van der Waals surface area contributed by atoms with Crippen molar-refractivity contribution in [3.63, 3.8) is 0 Å². The first-order valence-corrected chi connectivity index (χ1v) is 5.74. The normalized spacial score (nSPS) is 10.2. The topological polar surface area (TPSA) is 75.1 Å². The first kappa shape index (κ1) is 11.5. The van der Waals surface area contributed by atoms with Gasteiger partial charge in [0.15, 0.2) is 0 Å². The number of hydrogen-bond acceptors (Lipinski definition) is 5. The monoisotopic (exact) mass is 249 g/mol. The van der Waals surface area contributed by atoms with Crippen LogP contribution in [0.4, 0.5) is 5.69 Å². The number of aromatic hydroxyl groups is 1. The molecule has 6 heteroatoms. The molecule has 2 rings (SSSR count). The second-order valence-corrected chi connectivity index (χ2v) is 4.48. The van der Waals surface area contributed by atoms with Gasteiger partial charge in [0.2, 0.25) is 0 Å². The van der Waals surface area contributed by atoms with Crippen molar-refractivity contribution in [1.82, 2.24) is 9.59 Å². The molecule has 1 aromatic heterocycles. The van der Waals surface area contributed by atoms with Crippen LogP contribution >= 0.6 is 11.5 Å². The van der Waals surface area contributed by atoms with Crippen molar-refractivity contribution in [2.75, 3.05) is 5.32 Å². The van der Waals surface area contributed by atoms with Crippen LogP contribution in [0.5, 0.6) is 5.75 Å². The number of aryl methyl sites for hydroxylation is 2. The van der Waals surface area contributed by atoms with Gasteiger partial charge >= 0.3 is 0 Å². The molecule has 0 bridgehead atoms. The molecule has 1 amide bonds. The van der Waals surface area contributed by atoms with Crippen LogP contribution in [0.3, 0.4) is 0 Å². The Morgan fingerprint density at radius 3 is 2.76 bits per heavy atom. The summed E-state index contributed by atoms with van der Waals surface area (Å²) in [7, 11) is 0. The lowest BCUT2D eigenvalue weighted by Gasteiger charge is -2.09. The van der Waals surface area contributed by atoms with E-state index in [9.17, 15) is 9.90 Å². The van der Waals surface area contributed by atoms with Gasteiger partial charge in [0.05, 0.1) is 6.20 Å². The van der Waals surface area contributed by atoms with E-state index in [0.717, 1.165) is 17.1 Å². The van der Waals surface area contributed by atoms with Crippen LogP contribution in [0, 0.1) is 13.8 Å². The minimum atomic E-state index is -0.242. The molecule has 1 heterocycles. The van der Waals surface area contributed by atoms with Crippen molar-refractivity contribution < 1.29 is 9.90 Å². The van der Waals surface area contributed by atoms with Crippen molar-refractivity contribution in [2.45, 2.75) is 13.8 Å². The molecule has 2 N–H and O–H groups in total. The van der Waals surface area contributed by atoms with Crippen LogP contribution in [0.2, 0.25) is 0 Å². The van der Waals surface area contributed by atoms with Gasteiger partial charge in [-0.15, -0.1) is 5.10 Å². The number of anilines is 1. The van der Waals surface area contributed by atoms with Gasteiger partial charge in [-0.1, -0.05) is 4.49 Å². The molecule has 17 heavy (non-hydrogen) atoms. The Labute approximate surface area is 102 Å². The Hall–Kier alpha value is -1.95. The Kier molecular flexibility index (Phi) is 3.06. The van der Waals surface area contributed by atoms with Gasteiger partial charge in [-0.05, 0) is 48.6 Å². The third-order valence-corrected chi connectivity index (χ3v) is 3.04. The van der Waals surface area contributed by atoms with E-state index >= 15 is 0 Å². The van der Waals surface area contributed by atoms with Crippen molar-refractivity contribution in [3.8, 4) is 5.75 Å². The number of nitrogens with zero attached hydrogens (tertiary/aromatic N) is 2. The number of benzene rings is 1. The van der Waals surface area contributed by atoms with Crippen molar-refractivity contribution >= 4 is 23.1 Å². The number of carbonyl (C=O) groups excluding carboxylic acids is 1. The molecule has 5 nitrogen and oxygen atoms in total. The van der Waals surface area contributed by atoms with Gasteiger partial charge in [0.1, 0.15) is 10.6 Å². The molecule has 0 saturated carbocycles. The van der Waals surface area contributed by atoms with E-state index in [1.807, 2.05) is 6.92 Å². The summed E-state index contributed by atoms with van der Waals surface area (Å²) in [5.41, 5.74) is 2.20. The molecule has 0 unspecified atom stereocenters. The summed E-state index contributed by atoms with van der Waals surface area (Å²) in [6, 6.07) is 3.35. The van der Waals surface area contributed by atoms with E-state index in [-0.39, 0.29) is 11.7 Å². The van der Waals surface area contributed by atoms with E-state index in [2.05, 4.69) is 14.9 Å². The molecule has 1 aromatic carbocycles. The van der Waals surface area contributed by atoms with Crippen LogP contribution in [0.15, 0.2) is 18.3 Å². The summed E-state index contributed by atoms with van der Waals surface area (Å²) < 4.78 is 3.63. The third kappa shape index (κ3) is 2.42. The second kappa shape index (κ2) is 4.50. The second-order valence-electron chi connectivity index (χ2n) is 3.69. The Balaban J connectivity index is 2.25. The lowest BCUT2D eigenvalue weighted by atomic mass is 10.1. The molecule has 88 valence electrons. The van der Waals surface area contributed by atoms with Crippen LogP contribution in [-0.4, -0.2) is 20.6 Å². The first-order chi connectivity index (χ1) is 8.08. The fourth-order valence-electron chi connectivity index (χ4n) is 1.39. The van der Waals surface area contributed by atoms with Gasteiger partial charge in [-0.3, -0.25) is 4.79 Å². The largest absolute Gasteiger partial charge is 0.508 e. The van der Waals surface area contributed by atoms with Gasteiger partial charge in [0.25, 0.3) is 5.91 Å². The molecule has 2 aromatic rings. The maximum atomic E-state index is 11.8. The number of carbonyl (C=O) groups is 1. The summed E-state index contributed by atoms with van der Waals surface area (Å²) in [6.07, 6.45) is 1.42. The summed E-state index contributed by atoms with van der Waals surface area (Å²) in [5, 5.41) is 15.9. The highest BCUT2D eigenvalue weighted by atomic mass is 32.1. The molecular formula is C11H11N3O2S. The Bertz CT molecular complexity index is 552. The van der Waals surface area contributed by atoms with E-state index in [1.165, 1.54) is 6.20 Å². The molecule has 0 aliphatic rings. The molecule has 0 atom stereocenters. The lowest BCUT2D eigenvalue weighted by molar-refractivity contribution is 0.103. The summed E-state index contributed by atoms with van der Waals surface area (Å²) in [4.78, 5) is 12.2. The van der Waals surface area contributed by atoms with Gasteiger partial charge in [0, 0.05) is 5.69 Å². The quantitative estimate of drug-likeness (QED) is 0.799. The van der Waals surface area contributed by atoms with Crippen molar-refractivity contribution in [2.24, 2.45) is 0 Å². The zero-order valence-corrected chi connectivity index (χ0v) is 10.2. The number of phenolic OH excluding ortho intramolecular Hbond substituents is 1. The van der Waals surface area contributed by atoms with Crippen LogP contribution < -0.4 is 5.32 Å². The number of nitrogens with one attached hydrogen (secondary N) is 1. The van der Waals surface area contributed by atoms with E-state index in [1.54, 1.807) is 19.1 Å². The van der Waals surface area contributed by atoms with Crippen molar-refractivity contribution in [3.05, 3.63) is 34.3 Å². The number of amides is 1. The van der Waals surface area contributed by atoms with E-state index in [0.29, 0.717) is 16.1 Å². The molecule has 0 spiro atoms. The zero-order valence-electron chi connectivity index (χ0n) is 9.39. The minimum Gasteiger partial charge on any atom is -0.508 e. The van der Waals surface area contributed by atoms with Crippen LogP contribution in [0.25, 0.3) is 0 Å². The molecule has 0 saturated heterocycles. The average molecular weight is 249 g/mol. The SMILES string of the molecule is Cc1cc(NC(=O)c2cnns2)c(C)cc1O. The van der Waals surface area contributed by atoms with Crippen LogP contribution in [-0.2, 0) is 0 Å². The summed E-state index contributed by atoms with van der Waals surface area (Å²) >= 11 is 1.04. The highest BCUT2D eigenvalue weighted by Gasteiger charge is 2.11. The number of hydrogen-bond donors (Lipinski definition) is 2. The van der Waals surface area contributed by atoms with E-state index < -0.39 is 0 Å². The van der Waals surface area contributed by atoms with Gasteiger partial charge in [-0.2, -0.15) is 0 Å². The highest BCUT2D eigenvalue weighted by Crippen LogP contribution is 2.25. The fraction of sp³-hybridized carbons (Fsp3) is 0.182. The Morgan fingerprint density at radius 2 is 2.12 bits per heavy atom. The summed E-state index contributed by atoms with van der Waals surface area (Å²) in [5.74, 6) is -0.0202. The minimum absolute atomic E-state index is 0.222. The van der Waals surface area contributed by atoms with Gasteiger partial charge < -0.3 is 10.4 Å². The molecular weight excluding hydrogens is 238 g/mol. The number of aromatic nitrogens is 2. The smallest absolute Gasteiger partial charge is 0.269 e.